The van der Waals surface area contributed by atoms with Crippen LogP contribution in [0.2, 0.25) is 0 Å². The molecule has 5 nitrogen and oxygen atoms in total. The quantitative estimate of drug-likeness (QED) is 0.469. The van der Waals surface area contributed by atoms with Crippen molar-refractivity contribution in [1.82, 2.24) is 5.43 Å². The van der Waals surface area contributed by atoms with Gasteiger partial charge in [0.2, 0.25) is 0 Å². The van der Waals surface area contributed by atoms with Gasteiger partial charge < -0.3 is 9.47 Å². The minimum absolute atomic E-state index is 0.339. The summed E-state index contributed by atoms with van der Waals surface area (Å²) in [6.45, 7) is 2.86. The zero-order valence-corrected chi connectivity index (χ0v) is 15.7. The van der Waals surface area contributed by atoms with E-state index in [2.05, 4.69) is 10.5 Å². The third-order valence-corrected chi connectivity index (χ3v) is 3.96. The molecule has 3 aromatic rings. The molecule has 0 saturated carbocycles. The summed E-state index contributed by atoms with van der Waals surface area (Å²) in [5, 5.41) is 4.06. The number of hydrazone groups is 1. The van der Waals surface area contributed by atoms with Gasteiger partial charge in [0.15, 0.2) is 0 Å². The predicted octanol–water partition coefficient (Wildman–Crippen LogP) is 4.43. The Hall–Kier alpha value is -3.60. The molecule has 0 fully saturated rings. The first-order valence-electron chi connectivity index (χ1n) is 9.09. The second-order valence-corrected chi connectivity index (χ2v) is 5.94. The number of hydrogen-bond donors (Lipinski definition) is 1. The number of para-hydroxylation sites is 2. The number of ether oxygens (including phenoxy) is 2. The van der Waals surface area contributed by atoms with Gasteiger partial charge in [0, 0.05) is 5.56 Å². The van der Waals surface area contributed by atoms with Crippen LogP contribution in [0.3, 0.4) is 0 Å². The highest BCUT2D eigenvalue weighted by Crippen LogP contribution is 2.19. The fraction of sp³-hybridized carbons (Fsp3) is 0.130. The van der Waals surface area contributed by atoms with Crippen molar-refractivity contribution in [2.45, 2.75) is 13.5 Å². The fourth-order valence-corrected chi connectivity index (χ4v) is 2.61. The molecular formula is C23H22N2O3. The molecular weight excluding hydrogens is 352 g/mol. The highest BCUT2D eigenvalue weighted by molar-refractivity contribution is 5.97. The predicted molar refractivity (Wildman–Crippen MR) is 110 cm³/mol. The lowest BCUT2D eigenvalue weighted by Crippen LogP contribution is -2.18. The van der Waals surface area contributed by atoms with Crippen LogP contribution in [-0.4, -0.2) is 18.7 Å². The Labute approximate surface area is 164 Å². The van der Waals surface area contributed by atoms with E-state index in [1.54, 1.807) is 24.4 Å². The summed E-state index contributed by atoms with van der Waals surface area (Å²) >= 11 is 0. The molecule has 28 heavy (non-hydrogen) atoms. The topological polar surface area (TPSA) is 59.9 Å². The Morgan fingerprint density at radius 2 is 1.57 bits per heavy atom. The number of hydrogen-bond acceptors (Lipinski definition) is 4. The molecule has 142 valence electrons. The molecule has 5 heteroatoms. The van der Waals surface area contributed by atoms with Crippen molar-refractivity contribution in [2.24, 2.45) is 5.10 Å². The van der Waals surface area contributed by atoms with E-state index in [4.69, 9.17) is 9.47 Å². The van der Waals surface area contributed by atoms with E-state index in [9.17, 15) is 4.79 Å². The van der Waals surface area contributed by atoms with Crippen LogP contribution in [0.1, 0.15) is 28.4 Å². The molecule has 0 radical (unpaired) electrons. The van der Waals surface area contributed by atoms with Crippen molar-refractivity contribution in [3.8, 4) is 11.5 Å². The molecule has 0 aliphatic rings. The lowest BCUT2D eigenvalue weighted by molar-refractivity contribution is 0.0950. The van der Waals surface area contributed by atoms with Gasteiger partial charge >= 0.3 is 0 Å². The zero-order valence-electron chi connectivity index (χ0n) is 15.7. The van der Waals surface area contributed by atoms with Gasteiger partial charge in [0.25, 0.3) is 5.91 Å². The minimum atomic E-state index is -0.339. The lowest BCUT2D eigenvalue weighted by atomic mass is 10.2. The van der Waals surface area contributed by atoms with Crippen molar-refractivity contribution in [2.75, 3.05) is 6.61 Å². The summed E-state index contributed by atoms with van der Waals surface area (Å²) < 4.78 is 11.4. The molecule has 1 amide bonds. The molecule has 3 rings (SSSR count). The van der Waals surface area contributed by atoms with Gasteiger partial charge in [-0.1, -0.05) is 54.6 Å². The molecule has 1 N–H and O–H groups in total. The van der Waals surface area contributed by atoms with Crippen LogP contribution in [-0.2, 0) is 6.61 Å². The number of nitrogens with one attached hydrogen (secondary N) is 1. The monoisotopic (exact) mass is 374 g/mol. The average molecular weight is 374 g/mol. The number of nitrogens with zero attached hydrogens (tertiary/aromatic N) is 1. The van der Waals surface area contributed by atoms with Crippen LogP contribution in [0, 0.1) is 0 Å². The summed E-state index contributed by atoms with van der Waals surface area (Å²) in [5.41, 5.74) is 4.80. The van der Waals surface area contributed by atoms with E-state index in [-0.39, 0.29) is 5.91 Å². The molecule has 0 spiro atoms. The Morgan fingerprint density at radius 1 is 0.893 bits per heavy atom. The summed E-state index contributed by atoms with van der Waals surface area (Å²) in [6.07, 6.45) is 1.57. The zero-order chi connectivity index (χ0) is 19.6. The van der Waals surface area contributed by atoms with Gasteiger partial charge in [-0.3, -0.25) is 4.79 Å². The summed E-state index contributed by atoms with van der Waals surface area (Å²) in [4.78, 5) is 12.5. The van der Waals surface area contributed by atoms with Gasteiger partial charge in [-0.15, -0.1) is 0 Å². The second-order valence-electron chi connectivity index (χ2n) is 5.94. The molecule has 0 heterocycles. The van der Waals surface area contributed by atoms with Gasteiger partial charge in [0.1, 0.15) is 18.1 Å². The van der Waals surface area contributed by atoms with Crippen LogP contribution < -0.4 is 14.9 Å². The van der Waals surface area contributed by atoms with Crippen LogP contribution in [0.25, 0.3) is 0 Å². The van der Waals surface area contributed by atoms with Crippen LogP contribution in [0.4, 0.5) is 0 Å². The van der Waals surface area contributed by atoms with E-state index in [1.165, 1.54) is 0 Å². The highest BCUT2D eigenvalue weighted by atomic mass is 16.5. The van der Waals surface area contributed by atoms with Gasteiger partial charge in [-0.2, -0.15) is 5.10 Å². The van der Waals surface area contributed by atoms with Crippen molar-refractivity contribution in [3.05, 3.63) is 95.6 Å². The number of carbonyl (C=O) groups is 1. The molecule has 3 aromatic carbocycles. The highest BCUT2D eigenvalue weighted by Gasteiger charge is 2.11. The fourth-order valence-electron chi connectivity index (χ4n) is 2.61. The van der Waals surface area contributed by atoms with Gasteiger partial charge in [-0.05, 0) is 36.8 Å². The standard InChI is InChI=1S/C23H22N2O3/c1-2-27-21-14-8-6-12-19(21)16-24-25-23(26)20-13-7-9-15-22(20)28-17-18-10-4-3-5-11-18/h3-16H,2,17H2,1H3,(H,25,26)/b24-16+. The maximum Gasteiger partial charge on any atom is 0.275 e. The Balaban J connectivity index is 1.66. The van der Waals surface area contributed by atoms with Crippen LogP contribution >= 0.6 is 0 Å². The first-order chi connectivity index (χ1) is 13.8. The number of amides is 1. The van der Waals surface area contributed by atoms with Gasteiger partial charge in [-0.25, -0.2) is 5.43 Å². The van der Waals surface area contributed by atoms with E-state index in [1.807, 2.05) is 67.6 Å². The van der Waals surface area contributed by atoms with Crippen LogP contribution in [0.15, 0.2) is 84.0 Å². The number of rotatable bonds is 8. The maximum absolute atomic E-state index is 12.5. The van der Waals surface area contributed by atoms with Crippen molar-refractivity contribution >= 4 is 12.1 Å². The average Bonchev–Trinajstić information content (AvgIpc) is 2.74. The third kappa shape index (κ3) is 5.20. The smallest absolute Gasteiger partial charge is 0.275 e. The molecule has 0 aromatic heterocycles. The molecule has 0 aliphatic carbocycles. The van der Waals surface area contributed by atoms with Gasteiger partial charge in [0.05, 0.1) is 18.4 Å². The first-order valence-corrected chi connectivity index (χ1v) is 9.09. The van der Waals surface area contributed by atoms with E-state index >= 15 is 0 Å². The summed E-state index contributed by atoms with van der Waals surface area (Å²) in [6, 6.07) is 24.4. The molecule has 0 aliphatic heterocycles. The summed E-state index contributed by atoms with van der Waals surface area (Å²) in [7, 11) is 0. The summed E-state index contributed by atoms with van der Waals surface area (Å²) in [5.74, 6) is 0.886. The Kier molecular flexibility index (Phi) is 6.79. The maximum atomic E-state index is 12.5. The van der Waals surface area contributed by atoms with E-state index < -0.39 is 0 Å². The van der Waals surface area contributed by atoms with Crippen molar-refractivity contribution in [3.63, 3.8) is 0 Å². The van der Waals surface area contributed by atoms with E-state index in [0.29, 0.717) is 24.5 Å². The molecule has 0 unspecified atom stereocenters. The first kappa shape index (κ1) is 19.2. The largest absolute Gasteiger partial charge is 0.493 e. The SMILES string of the molecule is CCOc1ccccc1/C=N/NC(=O)c1ccccc1OCc1ccccc1. The Morgan fingerprint density at radius 3 is 2.36 bits per heavy atom. The molecule has 0 saturated heterocycles. The van der Waals surface area contributed by atoms with E-state index in [0.717, 1.165) is 16.9 Å². The number of benzene rings is 3. The minimum Gasteiger partial charge on any atom is -0.493 e. The lowest BCUT2D eigenvalue weighted by Gasteiger charge is -2.10. The van der Waals surface area contributed by atoms with Crippen molar-refractivity contribution < 1.29 is 14.3 Å². The molecule has 0 atom stereocenters. The number of carbonyl (C=O) groups excluding carboxylic acids is 1. The Bertz CT molecular complexity index is 939. The third-order valence-electron chi connectivity index (χ3n) is 3.96. The van der Waals surface area contributed by atoms with Crippen LogP contribution in [0.5, 0.6) is 11.5 Å². The normalized spacial score (nSPS) is 10.6. The van der Waals surface area contributed by atoms with Crippen molar-refractivity contribution in [1.29, 1.82) is 0 Å². The second kappa shape index (κ2) is 9.92. The molecule has 0 bridgehead atoms.